The maximum atomic E-state index is 9.21. The third-order valence-corrected chi connectivity index (χ3v) is 5.63. The summed E-state index contributed by atoms with van der Waals surface area (Å²) in [6, 6.07) is 9.41. The normalized spacial score (nSPS) is 25.6. The minimum Gasteiger partial charge on any atom is -0.490 e. The van der Waals surface area contributed by atoms with E-state index in [1.165, 1.54) is 37.7 Å². The fraction of sp³-hybridized carbons (Fsp3) is 0.571. The Balaban J connectivity index is 1.29. The SMILES string of the molecule is OCCC1C=CN=C2O[C@H](COc3ccc(C4CCCCC4)cc3)CN21. The smallest absolute Gasteiger partial charge is 0.293 e. The second kappa shape index (κ2) is 8.12. The van der Waals surface area contributed by atoms with E-state index in [0.29, 0.717) is 19.0 Å². The molecule has 4 rings (SSSR count). The van der Waals surface area contributed by atoms with Gasteiger partial charge in [-0.25, -0.2) is 4.99 Å². The van der Waals surface area contributed by atoms with Gasteiger partial charge >= 0.3 is 0 Å². The monoisotopic (exact) mass is 356 g/mol. The molecule has 140 valence electrons. The minimum absolute atomic E-state index is 0.0344. The highest BCUT2D eigenvalue weighted by atomic mass is 16.6. The predicted octanol–water partition coefficient (Wildman–Crippen LogP) is 3.45. The Morgan fingerprint density at radius 3 is 2.73 bits per heavy atom. The van der Waals surface area contributed by atoms with Crippen LogP contribution >= 0.6 is 0 Å². The lowest BCUT2D eigenvalue weighted by atomic mass is 9.84. The first kappa shape index (κ1) is 17.4. The Kier molecular flexibility index (Phi) is 5.44. The first-order chi connectivity index (χ1) is 12.8. The summed E-state index contributed by atoms with van der Waals surface area (Å²) in [7, 11) is 0. The van der Waals surface area contributed by atoms with Crippen LogP contribution in [0.4, 0.5) is 0 Å². The lowest BCUT2D eigenvalue weighted by molar-refractivity contribution is 0.145. The molecular formula is C21H28N2O3. The molecule has 1 unspecified atom stereocenters. The molecule has 2 atom stereocenters. The second-order valence-corrected chi connectivity index (χ2v) is 7.44. The van der Waals surface area contributed by atoms with Gasteiger partial charge in [0.2, 0.25) is 0 Å². The lowest BCUT2D eigenvalue weighted by Crippen LogP contribution is -2.38. The highest BCUT2D eigenvalue weighted by Crippen LogP contribution is 2.33. The van der Waals surface area contributed by atoms with Crippen molar-refractivity contribution in [2.75, 3.05) is 19.8 Å². The van der Waals surface area contributed by atoms with Crippen LogP contribution in [0.5, 0.6) is 5.75 Å². The predicted molar refractivity (Wildman–Crippen MR) is 101 cm³/mol. The van der Waals surface area contributed by atoms with Crippen LogP contribution < -0.4 is 4.74 Å². The number of ether oxygens (including phenoxy) is 2. The largest absolute Gasteiger partial charge is 0.490 e. The molecule has 2 fully saturated rings. The van der Waals surface area contributed by atoms with Gasteiger partial charge in [0.1, 0.15) is 12.4 Å². The van der Waals surface area contributed by atoms with Crippen molar-refractivity contribution in [1.29, 1.82) is 0 Å². The molecule has 5 heteroatoms. The van der Waals surface area contributed by atoms with Crippen LogP contribution in [0.2, 0.25) is 0 Å². The number of rotatable bonds is 6. The Bertz CT molecular complexity index is 650. The van der Waals surface area contributed by atoms with Crippen molar-refractivity contribution in [3.05, 3.63) is 42.1 Å². The van der Waals surface area contributed by atoms with Gasteiger partial charge in [0.15, 0.2) is 6.10 Å². The number of fused-ring (bicyclic) bond motifs is 1. The van der Waals surface area contributed by atoms with E-state index in [9.17, 15) is 5.11 Å². The highest BCUT2D eigenvalue weighted by Gasteiger charge is 2.35. The molecule has 1 aromatic rings. The molecular weight excluding hydrogens is 328 g/mol. The topological polar surface area (TPSA) is 54.3 Å². The summed E-state index contributed by atoms with van der Waals surface area (Å²) in [6.07, 6.45) is 11.2. The molecule has 2 aliphatic heterocycles. The number of hydrogen-bond acceptors (Lipinski definition) is 5. The number of benzene rings is 1. The molecule has 0 bridgehead atoms. The van der Waals surface area contributed by atoms with Crippen molar-refractivity contribution in [2.24, 2.45) is 4.99 Å². The standard InChI is InChI=1S/C21H28N2O3/c24-13-11-18-10-12-22-21-23(18)14-20(26-21)15-25-19-8-6-17(7-9-19)16-4-2-1-3-5-16/h6-10,12,16,18,20,24H,1-5,11,13-15H2/t18?,20-/m0/s1. The van der Waals surface area contributed by atoms with Crippen LogP contribution in [0, 0.1) is 0 Å². The molecule has 1 aliphatic carbocycles. The number of amidine groups is 1. The van der Waals surface area contributed by atoms with Gasteiger partial charge in [-0.05, 0) is 49.0 Å². The zero-order chi connectivity index (χ0) is 17.8. The maximum absolute atomic E-state index is 9.21. The van der Waals surface area contributed by atoms with Crippen molar-refractivity contribution < 1.29 is 14.6 Å². The van der Waals surface area contributed by atoms with E-state index in [2.05, 4.69) is 34.2 Å². The van der Waals surface area contributed by atoms with Crippen LogP contribution in [0.3, 0.4) is 0 Å². The Labute approximate surface area is 155 Å². The number of nitrogens with zero attached hydrogens (tertiary/aromatic N) is 2. The summed E-state index contributed by atoms with van der Waals surface area (Å²) in [5.74, 6) is 1.62. The van der Waals surface area contributed by atoms with Crippen molar-refractivity contribution in [1.82, 2.24) is 4.90 Å². The van der Waals surface area contributed by atoms with E-state index < -0.39 is 0 Å². The fourth-order valence-electron chi connectivity index (χ4n) is 4.18. The van der Waals surface area contributed by atoms with Crippen LogP contribution in [-0.4, -0.2) is 47.9 Å². The van der Waals surface area contributed by atoms with Gasteiger partial charge in [0, 0.05) is 12.8 Å². The van der Waals surface area contributed by atoms with Gasteiger partial charge in [0.05, 0.1) is 12.6 Å². The average Bonchev–Trinajstić information content (AvgIpc) is 3.12. The molecule has 0 amide bonds. The van der Waals surface area contributed by atoms with E-state index in [4.69, 9.17) is 9.47 Å². The fourth-order valence-corrected chi connectivity index (χ4v) is 4.18. The number of aliphatic imine (C=N–C) groups is 1. The van der Waals surface area contributed by atoms with Crippen molar-refractivity contribution in [3.8, 4) is 5.75 Å². The molecule has 5 nitrogen and oxygen atoms in total. The second-order valence-electron chi connectivity index (χ2n) is 7.44. The molecule has 2 heterocycles. The summed E-state index contributed by atoms with van der Waals surface area (Å²) >= 11 is 0. The Morgan fingerprint density at radius 2 is 1.96 bits per heavy atom. The Morgan fingerprint density at radius 1 is 1.15 bits per heavy atom. The highest BCUT2D eigenvalue weighted by molar-refractivity contribution is 5.78. The zero-order valence-corrected chi connectivity index (χ0v) is 15.2. The van der Waals surface area contributed by atoms with Crippen LogP contribution in [0.15, 0.2) is 41.5 Å². The first-order valence-corrected chi connectivity index (χ1v) is 9.85. The first-order valence-electron chi connectivity index (χ1n) is 9.85. The third kappa shape index (κ3) is 3.88. The van der Waals surface area contributed by atoms with Gasteiger partial charge in [-0.15, -0.1) is 0 Å². The van der Waals surface area contributed by atoms with Gasteiger partial charge in [-0.3, -0.25) is 0 Å². The van der Waals surface area contributed by atoms with Crippen molar-refractivity contribution in [3.63, 3.8) is 0 Å². The summed E-state index contributed by atoms with van der Waals surface area (Å²) in [5, 5.41) is 9.21. The summed E-state index contributed by atoms with van der Waals surface area (Å²) in [6.45, 7) is 1.41. The summed E-state index contributed by atoms with van der Waals surface area (Å²) in [5.41, 5.74) is 1.44. The average molecular weight is 356 g/mol. The van der Waals surface area contributed by atoms with Gasteiger partial charge in [-0.1, -0.05) is 31.4 Å². The zero-order valence-electron chi connectivity index (χ0n) is 15.2. The number of aliphatic hydroxyl groups is 1. The quantitative estimate of drug-likeness (QED) is 0.848. The van der Waals surface area contributed by atoms with Crippen LogP contribution in [0.25, 0.3) is 0 Å². The lowest BCUT2D eigenvalue weighted by Gasteiger charge is -2.26. The van der Waals surface area contributed by atoms with E-state index in [1.54, 1.807) is 6.20 Å². The van der Waals surface area contributed by atoms with Crippen LogP contribution in [0.1, 0.15) is 50.0 Å². The molecule has 0 radical (unpaired) electrons. The van der Waals surface area contributed by atoms with E-state index in [0.717, 1.165) is 18.2 Å². The Hall–Kier alpha value is -2.01. The van der Waals surface area contributed by atoms with Crippen molar-refractivity contribution in [2.45, 2.75) is 56.6 Å². The van der Waals surface area contributed by atoms with Crippen LogP contribution in [-0.2, 0) is 4.74 Å². The molecule has 1 saturated carbocycles. The van der Waals surface area contributed by atoms with Gasteiger partial charge in [0.25, 0.3) is 6.02 Å². The summed E-state index contributed by atoms with van der Waals surface area (Å²) < 4.78 is 11.9. The molecule has 3 aliphatic rings. The molecule has 1 saturated heterocycles. The molecule has 1 N–H and O–H groups in total. The third-order valence-electron chi connectivity index (χ3n) is 5.63. The van der Waals surface area contributed by atoms with Gasteiger partial charge < -0.3 is 19.5 Å². The molecule has 26 heavy (non-hydrogen) atoms. The molecule has 0 spiro atoms. The number of hydrogen-bond donors (Lipinski definition) is 1. The van der Waals surface area contributed by atoms with E-state index >= 15 is 0 Å². The number of aliphatic hydroxyl groups excluding tert-OH is 1. The molecule has 1 aromatic carbocycles. The van der Waals surface area contributed by atoms with E-state index in [-0.39, 0.29) is 18.8 Å². The molecule has 0 aromatic heterocycles. The maximum Gasteiger partial charge on any atom is 0.293 e. The van der Waals surface area contributed by atoms with Crippen molar-refractivity contribution >= 4 is 6.02 Å². The minimum atomic E-state index is -0.0344. The van der Waals surface area contributed by atoms with E-state index in [1.807, 2.05) is 6.08 Å². The summed E-state index contributed by atoms with van der Waals surface area (Å²) in [4.78, 5) is 6.40. The van der Waals surface area contributed by atoms with Gasteiger partial charge in [-0.2, -0.15) is 0 Å².